The number of alkyl carbamates (subject to hydrolysis) is 1. The molecule has 3 saturated carbocycles. The number of hydrogen-bond acceptors (Lipinski definition) is 10. The number of ether oxygens (including phenoxy) is 3. The molecular formula is C33H40F2N2O7S2. The molecule has 13 heteroatoms. The second-order valence-electron chi connectivity index (χ2n) is 13.3. The lowest BCUT2D eigenvalue weighted by atomic mass is 9.44. The van der Waals surface area contributed by atoms with Crippen LogP contribution in [0.1, 0.15) is 52.9 Å². The fourth-order valence-corrected chi connectivity index (χ4v) is 10.7. The Kier molecular flexibility index (Phi) is 9.20. The number of Topliss-reactive ketones (excluding diaryl/α,β-unsaturated/α-hetero) is 1. The average molecular weight is 679 g/mol. The van der Waals surface area contributed by atoms with Gasteiger partial charge in [-0.3, -0.25) is 9.59 Å². The van der Waals surface area contributed by atoms with Crippen molar-refractivity contribution < 1.29 is 42.5 Å². The summed E-state index contributed by atoms with van der Waals surface area (Å²) in [5.41, 5.74) is -6.58. The molecule has 4 fully saturated rings. The summed E-state index contributed by atoms with van der Waals surface area (Å²) in [6.45, 7) is 4.98. The zero-order valence-corrected chi connectivity index (χ0v) is 27.7. The Hall–Kier alpha value is -2.32. The molecule has 0 bridgehead atoms. The zero-order valence-electron chi connectivity index (χ0n) is 26.1. The number of carbonyl (C=O) groups excluding carboxylic acids is 3. The smallest absolute Gasteiger partial charge is 0.407 e. The van der Waals surface area contributed by atoms with Gasteiger partial charge in [0.15, 0.2) is 29.9 Å². The standard InChI is InChI=1S/C33H40F2N2O7S2/c1-4-7-28-43-26-16-20-21-15-23(34)22-14-19(38)9-10-30(22,2)32(21,35)24(39)17-31(20,3)33(26,44-28)25(40)18-42-29(41)37-12-13-45-46-27-8-5-6-11-36-27/h5-6,8-11,14,20-21,23-24,26,28,39H,4,7,12-13,15-18H2,1-3H3,(H,37,41)/t20?,21-,23-,24-,26+,28?,30-,31-,32-,33+/m0/s1. The third-order valence-corrected chi connectivity index (χ3v) is 13.2. The molecule has 2 heterocycles. The van der Waals surface area contributed by atoms with Crippen LogP contribution < -0.4 is 5.32 Å². The van der Waals surface area contributed by atoms with Crippen LogP contribution >= 0.6 is 21.6 Å². The van der Waals surface area contributed by atoms with Gasteiger partial charge in [-0.2, -0.15) is 0 Å². The molecule has 0 spiro atoms. The van der Waals surface area contributed by atoms with Crippen LogP contribution in [0.15, 0.2) is 53.2 Å². The Morgan fingerprint density at radius 2 is 2.04 bits per heavy atom. The van der Waals surface area contributed by atoms with Crippen molar-refractivity contribution in [1.29, 1.82) is 0 Å². The maximum atomic E-state index is 17.6. The molecule has 10 atom stereocenters. The zero-order chi connectivity index (χ0) is 32.9. The van der Waals surface area contributed by atoms with Gasteiger partial charge in [-0.05, 0) is 79.2 Å². The van der Waals surface area contributed by atoms with Crippen molar-refractivity contribution in [2.24, 2.45) is 22.7 Å². The lowest BCUT2D eigenvalue weighted by Gasteiger charge is -2.63. The number of carbonyl (C=O) groups is 3. The molecule has 1 aromatic rings. The van der Waals surface area contributed by atoms with E-state index in [2.05, 4.69) is 10.3 Å². The number of nitrogens with one attached hydrogen (secondary N) is 1. The molecule has 5 aliphatic rings. The predicted molar refractivity (Wildman–Crippen MR) is 168 cm³/mol. The summed E-state index contributed by atoms with van der Waals surface area (Å²) < 4.78 is 51.6. The van der Waals surface area contributed by atoms with E-state index in [1.807, 2.05) is 25.1 Å². The lowest BCUT2D eigenvalue weighted by Crippen LogP contribution is -2.71. The van der Waals surface area contributed by atoms with Gasteiger partial charge in [-0.1, -0.05) is 43.2 Å². The number of aliphatic hydroxyl groups excluding tert-OH is 1. The number of ketones is 2. The first-order valence-corrected chi connectivity index (χ1v) is 18.2. The van der Waals surface area contributed by atoms with E-state index in [1.54, 1.807) is 13.1 Å². The summed E-state index contributed by atoms with van der Waals surface area (Å²) in [6.07, 6.45) is 1.06. The van der Waals surface area contributed by atoms with E-state index in [0.29, 0.717) is 18.7 Å². The van der Waals surface area contributed by atoms with E-state index in [0.717, 1.165) is 17.5 Å². The van der Waals surface area contributed by atoms with Crippen molar-refractivity contribution in [1.82, 2.24) is 10.3 Å². The van der Waals surface area contributed by atoms with Gasteiger partial charge in [-0.15, -0.1) is 0 Å². The van der Waals surface area contributed by atoms with E-state index in [4.69, 9.17) is 14.2 Å². The number of amides is 1. The fraction of sp³-hybridized carbons (Fsp3) is 0.636. The maximum absolute atomic E-state index is 17.6. The highest BCUT2D eigenvalue weighted by atomic mass is 33.1. The van der Waals surface area contributed by atoms with Crippen LogP contribution in [0.25, 0.3) is 0 Å². The molecule has 1 saturated heterocycles. The molecule has 2 N–H and O–H groups in total. The number of pyridine rings is 1. The monoisotopic (exact) mass is 678 g/mol. The maximum Gasteiger partial charge on any atom is 0.407 e. The number of nitrogens with zero attached hydrogens (tertiary/aromatic N) is 1. The molecule has 6 rings (SSSR count). The van der Waals surface area contributed by atoms with E-state index in [-0.39, 0.29) is 24.8 Å². The van der Waals surface area contributed by atoms with E-state index in [9.17, 15) is 19.5 Å². The number of aromatic nitrogens is 1. The molecule has 250 valence electrons. The van der Waals surface area contributed by atoms with Gasteiger partial charge in [0, 0.05) is 35.2 Å². The number of allylic oxidation sites excluding steroid dienone is 4. The Morgan fingerprint density at radius 3 is 2.78 bits per heavy atom. The van der Waals surface area contributed by atoms with Gasteiger partial charge >= 0.3 is 6.09 Å². The van der Waals surface area contributed by atoms with Crippen LogP contribution in [-0.4, -0.2) is 82.6 Å². The molecule has 1 aromatic heterocycles. The summed E-state index contributed by atoms with van der Waals surface area (Å²) in [5.74, 6) is -1.96. The van der Waals surface area contributed by atoms with Crippen molar-refractivity contribution in [2.45, 2.75) is 93.8 Å². The Labute approximate surface area is 275 Å². The first-order valence-electron chi connectivity index (χ1n) is 15.8. The van der Waals surface area contributed by atoms with Gasteiger partial charge in [-0.25, -0.2) is 18.6 Å². The fourth-order valence-electron chi connectivity index (χ4n) is 8.87. The van der Waals surface area contributed by atoms with Crippen LogP contribution in [-0.2, 0) is 23.8 Å². The predicted octanol–water partition coefficient (Wildman–Crippen LogP) is 5.33. The third kappa shape index (κ3) is 5.15. The summed E-state index contributed by atoms with van der Waals surface area (Å²) in [5, 5.41) is 15.2. The second-order valence-corrected chi connectivity index (χ2v) is 15.7. The number of aliphatic hydroxyl groups is 1. The quantitative estimate of drug-likeness (QED) is 0.248. The highest BCUT2D eigenvalue weighted by Crippen LogP contribution is 2.72. The van der Waals surface area contributed by atoms with Gasteiger partial charge in [0.1, 0.15) is 11.2 Å². The molecule has 2 unspecified atom stereocenters. The van der Waals surface area contributed by atoms with E-state index in [1.165, 1.54) is 40.7 Å². The number of rotatable bonds is 10. The molecule has 0 radical (unpaired) electrons. The number of alkyl halides is 2. The van der Waals surface area contributed by atoms with E-state index >= 15 is 8.78 Å². The minimum absolute atomic E-state index is 0.0361. The van der Waals surface area contributed by atoms with Crippen LogP contribution in [0.5, 0.6) is 0 Å². The summed E-state index contributed by atoms with van der Waals surface area (Å²) in [4.78, 5) is 43.1. The molecule has 46 heavy (non-hydrogen) atoms. The highest BCUT2D eigenvalue weighted by molar-refractivity contribution is 8.76. The SMILES string of the molecule is CCCC1O[C@@H]2CC3[C@@H]4C[C@H](F)C5=CC(=O)C=C[C@]5(C)[C@@]4(F)[C@@H](O)C[C@]3(C)[C@]2(C(=O)COC(=O)NCCSSc2ccccn2)O1. The molecule has 1 amide bonds. The van der Waals surface area contributed by atoms with E-state index < -0.39 is 82.9 Å². The highest BCUT2D eigenvalue weighted by Gasteiger charge is 2.80. The van der Waals surface area contributed by atoms with Crippen molar-refractivity contribution >= 4 is 39.2 Å². The first kappa shape index (κ1) is 33.6. The number of fused-ring (bicyclic) bond motifs is 7. The van der Waals surface area contributed by atoms with Crippen molar-refractivity contribution in [3.05, 3.63) is 48.2 Å². The molecule has 4 aliphatic carbocycles. The normalized spacial score (nSPS) is 40.7. The number of halogens is 2. The molecule has 0 aromatic carbocycles. The Morgan fingerprint density at radius 1 is 1.24 bits per heavy atom. The Balaban J connectivity index is 1.19. The summed E-state index contributed by atoms with van der Waals surface area (Å²) in [6, 6.07) is 5.61. The van der Waals surface area contributed by atoms with Crippen LogP contribution in [0.4, 0.5) is 13.6 Å². The molecule has 1 aliphatic heterocycles. The van der Waals surface area contributed by atoms with Crippen molar-refractivity contribution in [3.63, 3.8) is 0 Å². The lowest BCUT2D eigenvalue weighted by molar-refractivity contribution is -0.234. The first-order chi connectivity index (χ1) is 21.9. The van der Waals surface area contributed by atoms with Crippen LogP contribution in [0.2, 0.25) is 0 Å². The largest absolute Gasteiger partial charge is 0.441 e. The minimum Gasteiger partial charge on any atom is -0.441 e. The van der Waals surface area contributed by atoms with Crippen LogP contribution in [0, 0.1) is 22.7 Å². The average Bonchev–Trinajstić information content (AvgIpc) is 3.51. The van der Waals surface area contributed by atoms with Crippen molar-refractivity contribution in [2.75, 3.05) is 18.9 Å². The molecule has 9 nitrogen and oxygen atoms in total. The summed E-state index contributed by atoms with van der Waals surface area (Å²) >= 11 is 0. The van der Waals surface area contributed by atoms with Gasteiger partial charge < -0.3 is 24.6 Å². The minimum atomic E-state index is -2.29. The van der Waals surface area contributed by atoms with Gasteiger partial charge in [0.05, 0.1) is 12.2 Å². The van der Waals surface area contributed by atoms with Crippen molar-refractivity contribution in [3.8, 4) is 0 Å². The van der Waals surface area contributed by atoms with Gasteiger partial charge in [0.25, 0.3) is 0 Å². The topological polar surface area (TPSA) is 124 Å². The number of hydrogen-bond donors (Lipinski definition) is 2. The molecular weight excluding hydrogens is 639 g/mol. The Bertz CT molecular complexity index is 1430. The summed E-state index contributed by atoms with van der Waals surface area (Å²) in [7, 11) is 2.99. The van der Waals surface area contributed by atoms with Crippen LogP contribution in [0.3, 0.4) is 0 Å². The second kappa shape index (κ2) is 12.6. The third-order valence-electron chi connectivity index (χ3n) is 10.9. The van der Waals surface area contributed by atoms with Gasteiger partial charge in [0.2, 0.25) is 5.78 Å².